The van der Waals surface area contributed by atoms with Crippen molar-refractivity contribution in [1.29, 1.82) is 0 Å². The van der Waals surface area contributed by atoms with Crippen molar-refractivity contribution in [3.05, 3.63) is 60.2 Å². The lowest BCUT2D eigenvalue weighted by molar-refractivity contribution is -0.162. The number of allylic oxidation sites excluding steroid dienone is 1. The van der Waals surface area contributed by atoms with Crippen LogP contribution in [-0.4, -0.2) is 87.6 Å². The fraction of sp³-hybridized carbons (Fsp3) is 0.588. The van der Waals surface area contributed by atoms with Gasteiger partial charge in [0.2, 0.25) is 17.7 Å². The number of hydrogen-bond acceptors (Lipinski definition) is 7. The number of likely N-dealkylation sites (tertiary alicyclic amines) is 1. The number of cyclic esters (lactones) is 1. The Morgan fingerprint density at radius 2 is 1.80 bits per heavy atom. The molecule has 2 fully saturated rings. The fourth-order valence-corrected chi connectivity index (χ4v) is 7.27. The third kappa shape index (κ3) is 5.47. The molecule has 44 heavy (non-hydrogen) atoms. The number of carbonyl (C=O) groups is 4. The Kier molecular flexibility index (Phi) is 9.32. The zero-order chi connectivity index (χ0) is 31.8. The van der Waals surface area contributed by atoms with Crippen LogP contribution < -0.4 is 5.32 Å². The molecule has 2 saturated heterocycles. The monoisotopic (exact) mass is 607 g/mol. The predicted molar refractivity (Wildman–Crippen MR) is 163 cm³/mol. The number of ether oxygens (including phenoxy) is 2. The number of carbonyl (C=O) groups excluding carboxylic acids is 4. The first-order valence-corrected chi connectivity index (χ1v) is 15.9. The second kappa shape index (κ2) is 12.9. The molecule has 0 saturated carbocycles. The number of aliphatic hydroxyl groups excluding tert-OH is 1. The van der Waals surface area contributed by atoms with E-state index in [4.69, 9.17) is 9.47 Å². The van der Waals surface area contributed by atoms with Gasteiger partial charge in [-0.05, 0) is 38.7 Å². The molecule has 1 aromatic rings. The van der Waals surface area contributed by atoms with E-state index in [-0.39, 0.29) is 43.3 Å². The standard InChI is InChI=1S/C34H45N3O7/c1-6-21(4)24(19-38)37-30-32(41)36(20(2)3)18-12-8-11-15-26(39)35-22(5)29(23-13-9-7-10-14-23)43-33(42)27-25-16-17-34(30,44-25)28(27)31(37)40/h7-10,12-14,16-17,20-22,24-25,27-30,38H,6,11,15,18-19H2,1-5H3,(H,35,39)/b12-8-/t21-,22-,24-,25+,27-,28-,29+,30+,34-/m0/s1. The lowest BCUT2D eigenvalue weighted by atomic mass is 9.74. The number of fused-ring (bicyclic) bond motifs is 2. The maximum Gasteiger partial charge on any atom is 0.313 e. The first kappa shape index (κ1) is 31.9. The Balaban J connectivity index is 1.62. The third-order valence-electron chi connectivity index (χ3n) is 9.79. The fourth-order valence-electron chi connectivity index (χ4n) is 7.27. The molecule has 5 rings (SSSR count). The van der Waals surface area contributed by atoms with Crippen LogP contribution in [0.4, 0.5) is 0 Å². The molecule has 3 amide bonds. The molecule has 10 nitrogen and oxygen atoms in total. The van der Waals surface area contributed by atoms with Gasteiger partial charge in [0.25, 0.3) is 0 Å². The zero-order valence-corrected chi connectivity index (χ0v) is 26.2. The minimum Gasteiger partial charge on any atom is -0.455 e. The van der Waals surface area contributed by atoms with Crippen LogP contribution in [0.2, 0.25) is 0 Å². The highest BCUT2D eigenvalue weighted by Crippen LogP contribution is 2.56. The summed E-state index contributed by atoms with van der Waals surface area (Å²) in [4.78, 5) is 59.3. The van der Waals surface area contributed by atoms with Gasteiger partial charge in [-0.2, -0.15) is 0 Å². The van der Waals surface area contributed by atoms with Gasteiger partial charge in [0, 0.05) is 19.0 Å². The molecule has 5 bridgehead atoms. The number of aliphatic hydroxyl groups is 1. The van der Waals surface area contributed by atoms with Crippen LogP contribution in [0.3, 0.4) is 0 Å². The molecule has 10 heteroatoms. The van der Waals surface area contributed by atoms with E-state index in [1.807, 2.05) is 70.2 Å². The molecule has 2 N–H and O–H groups in total. The number of hydrogen-bond donors (Lipinski definition) is 2. The van der Waals surface area contributed by atoms with E-state index in [1.54, 1.807) is 24.0 Å². The molecule has 0 aromatic heterocycles. The zero-order valence-electron chi connectivity index (χ0n) is 26.2. The van der Waals surface area contributed by atoms with Crippen LogP contribution in [0, 0.1) is 17.8 Å². The van der Waals surface area contributed by atoms with Crippen LogP contribution >= 0.6 is 0 Å². The van der Waals surface area contributed by atoms with Crippen LogP contribution in [0.1, 0.15) is 65.5 Å². The minimum absolute atomic E-state index is 0.113. The quantitative estimate of drug-likeness (QED) is 0.376. The number of rotatable bonds is 6. The first-order valence-electron chi connectivity index (χ1n) is 15.9. The second-order valence-corrected chi connectivity index (χ2v) is 12.8. The summed E-state index contributed by atoms with van der Waals surface area (Å²) in [5.41, 5.74) is -0.672. The lowest BCUT2D eigenvalue weighted by Gasteiger charge is -2.41. The highest BCUT2D eigenvalue weighted by Gasteiger charge is 2.74. The van der Waals surface area contributed by atoms with Crippen molar-refractivity contribution in [3.8, 4) is 0 Å². The van der Waals surface area contributed by atoms with Gasteiger partial charge in [0.1, 0.15) is 23.7 Å². The van der Waals surface area contributed by atoms with Gasteiger partial charge in [-0.3, -0.25) is 19.2 Å². The van der Waals surface area contributed by atoms with Crippen molar-refractivity contribution >= 4 is 23.7 Å². The Hall–Kier alpha value is -3.50. The van der Waals surface area contributed by atoms with Crippen LogP contribution in [0.15, 0.2) is 54.6 Å². The lowest BCUT2D eigenvalue weighted by Crippen LogP contribution is -2.60. The molecule has 1 spiro atoms. The van der Waals surface area contributed by atoms with Crippen molar-refractivity contribution in [2.75, 3.05) is 13.2 Å². The first-order chi connectivity index (χ1) is 21.0. The van der Waals surface area contributed by atoms with Crippen LogP contribution in [0.5, 0.6) is 0 Å². The molecule has 4 aliphatic heterocycles. The molecule has 0 unspecified atom stereocenters. The van der Waals surface area contributed by atoms with Crippen molar-refractivity contribution < 1.29 is 33.8 Å². The Morgan fingerprint density at radius 3 is 2.45 bits per heavy atom. The Bertz CT molecular complexity index is 1310. The second-order valence-electron chi connectivity index (χ2n) is 12.8. The summed E-state index contributed by atoms with van der Waals surface area (Å²) in [6.45, 7) is 9.48. The van der Waals surface area contributed by atoms with Crippen LogP contribution in [-0.2, 0) is 28.7 Å². The summed E-state index contributed by atoms with van der Waals surface area (Å²) in [6, 6.07) is 6.72. The summed E-state index contributed by atoms with van der Waals surface area (Å²) < 4.78 is 12.7. The van der Waals surface area contributed by atoms with Gasteiger partial charge in [0.15, 0.2) is 0 Å². The number of nitrogens with zero attached hydrogens (tertiary/aromatic N) is 2. The van der Waals surface area contributed by atoms with Crippen molar-refractivity contribution in [3.63, 3.8) is 0 Å². The molecule has 0 aliphatic carbocycles. The summed E-state index contributed by atoms with van der Waals surface area (Å²) >= 11 is 0. The maximum absolute atomic E-state index is 14.6. The van der Waals surface area contributed by atoms with Crippen molar-refractivity contribution in [2.45, 2.75) is 95.9 Å². The molecule has 4 heterocycles. The van der Waals surface area contributed by atoms with Gasteiger partial charge >= 0.3 is 5.97 Å². The number of benzene rings is 1. The Morgan fingerprint density at radius 1 is 1.07 bits per heavy atom. The normalized spacial score (nSPS) is 34.6. The van der Waals surface area contributed by atoms with Gasteiger partial charge in [-0.25, -0.2) is 0 Å². The number of amides is 3. The average molecular weight is 608 g/mol. The molecule has 238 valence electrons. The largest absolute Gasteiger partial charge is 0.455 e. The molecule has 9 atom stereocenters. The van der Waals surface area contributed by atoms with Gasteiger partial charge in [-0.1, -0.05) is 74.9 Å². The summed E-state index contributed by atoms with van der Waals surface area (Å²) in [6.07, 6.45) is 7.08. The molecular weight excluding hydrogens is 562 g/mol. The van der Waals surface area contributed by atoms with E-state index in [2.05, 4.69) is 5.32 Å². The van der Waals surface area contributed by atoms with E-state index < -0.39 is 59.6 Å². The topological polar surface area (TPSA) is 125 Å². The Labute approximate surface area is 259 Å². The van der Waals surface area contributed by atoms with Gasteiger partial charge in [-0.15, -0.1) is 0 Å². The van der Waals surface area contributed by atoms with E-state index in [0.29, 0.717) is 18.4 Å². The summed E-state index contributed by atoms with van der Waals surface area (Å²) in [5.74, 6) is -3.62. The summed E-state index contributed by atoms with van der Waals surface area (Å²) in [5, 5.41) is 13.6. The molecular formula is C34H45N3O7. The van der Waals surface area contributed by atoms with Crippen molar-refractivity contribution in [2.24, 2.45) is 17.8 Å². The summed E-state index contributed by atoms with van der Waals surface area (Å²) in [7, 11) is 0. The SMILES string of the molecule is CC[C@H](C)[C@H](CO)N1C(=O)[C@@H]2[C@H]3C(=O)O[C@@H](c4ccccc4)[C@H](C)NC(=O)CC/C=C\CN(C(C)C)C(=O)[C@@H]1[C@]21C=C[C@H]3O1. The maximum atomic E-state index is 14.6. The third-order valence-corrected chi connectivity index (χ3v) is 9.79. The molecule has 4 aliphatic rings. The minimum atomic E-state index is -1.38. The highest BCUT2D eigenvalue weighted by atomic mass is 16.6. The highest BCUT2D eigenvalue weighted by molar-refractivity contribution is 5.99. The van der Waals surface area contributed by atoms with E-state index >= 15 is 0 Å². The van der Waals surface area contributed by atoms with E-state index in [0.717, 1.165) is 0 Å². The van der Waals surface area contributed by atoms with Crippen molar-refractivity contribution in [1.82, 2.24) is 15.1 Å². The number of nitrogens with one attached hydrogen (secondary N) is 1. The van der Waals surface area contributed by atoms with Crippen LogP contribution in [0.25, 0.3) is 0 Å². The van der Waals surface area contributed by atoms with E-state index in [1.165, 1.54) is 4.90 Å². The predicted octanol–water partition coefficient (Wildman–Crippen LogP) is 2.92. The average Bonchev–Trinajstić information content (AvgIpc) is 3.65. The molecule has 0 radical (unpaired) electrons. The van der Waals surface area contributed by atoms with E-state index in [9.17, 15) is 24.3 Å². The van der Waals surface area contributed by atoms with Gasteiger partial charge < -0.3 is 29.7 Å². The van der Waals surface area contributed by atoms with Gasteiger partial charge in [0.05, 0.1) is 30.7 Å². The smallest absolute Gasteiger partial charge is 0.313 e. The molecule has 1 aromatic carbocycles. The number of esters is 1.